The maximum atomic E-state index is 12.5. The predicted octanol–water partition coefficient (Wildman–Crippen LogP) is 3.90. The van der Waals surface area contributed by atoms with Gasteiger partial charge in [-0.05, 0) is 44.5 Å². The molecule has 7 nitrogen and oxygen atoms in total. The summed E-state index contributed by atoms with van der Waals surface area (Å²) >= 11 is 0. The maximum absolute atomic E-state index is 12.5. The van der Waals surface area contributed by atoms with Crippen LogP contribution in [0.1, 0.15) is 52.8 Å². The van der Waals surface area contributed by atoms with E-state index in [1.54, 1.807) is 11.5 Å². The third kappa shape index (κ3) is 3.40. The first-order chi connectivity index (χ1) is 15.0. The smallest absolute Gasteiger partial charge is 0.358 e. The molecule has 3 aliphatic carbocycles. The lowest BCUT2D eigenvalue weighted by Crippen LogP contribution is -2.39. The highest BCUT2D eigenvalue weighted by molar-refractivity contribution is 5.75. The average molecular weight is 416 g/mol. The molecule has 31 heavy (non-hydrogen) atoms. The number of aryl methyl sites for hydroxylation is 2. The van der Waals surface area contributed by atoms with Gasteiger partial charge in [0, 0.05) is 38.3 Å². The molecule has 0 fully saturated rings. The zero-order valence-corrected chi connectivity index (χ0v) is 17.3. The van der Waals surface area contributed by atoms with Crippen LogP contribution in [0.25, 0.3) is 0 Å². The Balaban J connectivity index is 1.26. The molecule has 1 amide bonds. The van der Waals surface area contributed by atoms with Gasteiger partial charge >= 0.3 is 5.82 Å². The molecule has 0 saturated heterocycles. The Morgan fingerprint density at radius 1 is 1.13 bits per heavy atom. The van der Waals surface area contributed by atoms with Crippen molar-refractivity contribution in [2.75, 3.05) is 6.54 Å². The van der Waals surface area contributed by atoms with E-state index in [2.05, 4.69) is 58.8 Å². The van der Waals surface area contributed by atoms with Crippen LogP contribution in [-0.4, -0.2) is 26.9 Å². The maximum Gasteiger partial charge on any atom is 0.381 e. The van der Waals surface area contributed by atoms with E-state index >= 15 is 0 Å². The summed E-state index contributed by atoms with van der Waals surface area (Å²) < 4.78 is 1.66. The second-order valence-corrected chi connectivity index (χ2v) is 8.43. The van der Waals surface area contributed by atoms with E-state index in [0.29, 0.717) is 36.7 Å². The lowest BCUT2D eigenvalue weighted by atomic mass is 9.59. The van der Waals surface area contributed by atoms with E-state index in [9.17, 15) is 14.9 Å². The molecule has 1 N–H and O–H groups in total. The number of carbonyl (C=O) groups excluding carboxylic acids is 1. The quantitative estimate of drug-likeness (QED) is 0.487. The van der Waals surface area contributed by atoms with Gasteiger partial charge in [0.15, 0.2) is 0 Å². The molecule has 2 bridgehead atoms. The molecule has 0 spiro atoms. The number of nitrogens with one attached hydrogen (secondary N) is 1. The predicted molar refractivity (Wildman–Crippen MR) is 116 cm³/mol. The van der Waals surface area contributed by atoms with Crippen molar-refractivity contribution in [2.45, 2.75) is 38.1 Å². The molecule has 3 aromatic rings. The number of carbonyl (C=O) groups is 1. The van der Waals surface area contributed by atoms with Crippen molar-refractivity contribution < 1.29 is 9.72 Å². The van der Waals surface area contributed by atoms with Gasteiger partial charge in [-0.1, -0.05) is 48.5 Å². The molecular weight excluding hydrogens is 392 g/mol. The van der Waals surface area contributed by atoms with E-state index < -0.39 is 4.92 Å². The van der Waals surface area contributed by atoms with Crippen LogP contribution in [0.15, 0.2) is 54.7 Å². The van der Waals surface area contributed by atoms with Crippen LogP contribution in [-0.2, 0) is 11.3 Å². The molecule has 1 atom stereocenters. The number of hydrogen-bond donors (Lipinski definition) is 1. The largest absolute Gasteiger partial charge is 0.381 e. The van der Waals surface area contributed by atoms with Crippen molar-refractivity contribution in [2.24, 2.45) is 5.92 Å². The van der Waals surface area contributed by atoms with Crippen molar-refractivity contribution in [3.8, 4) is 0 Å². The third-order valence-electron chi connectivity index (χ3n) is 6.71. The zero-order chi connectivity index (χ0) is 21.5. The summed E-state index contributed by atoms with van der Waals surface area (Å²) in [6.07, 6.45) is 2.69. The molecule has 7 heteroatoms. The number of hydrogen-bond acceptors (Lipinski definition) is 4. The van der Waals surface area contributed by atoms with E-state index in [0.717, 1.165) is 6.42 Å². The van der Waals surface area contributed by atoms with Crippen molar-refractivity contribution in [3.63, 3.8) is 0 Å². The van der Waals surface area contributed by atoms with Gasteiger partial charge in [-0.25, -0.2) is 0 Å². The molecule has 0 aliphatic heterocycles. The number of imidazole rings is 1. The molecule has 2 aromatic carbocycles. The van der Waals surface area contributed by atoms with Crippen LogP contribution in [0.4, 0.5) is 5.82 Å². The standard InChI is InChI=1S/C24H24N4O3/c1-15-26-22(28(30)31)14-27(15)11-10-23(29)25-13-16-12-21-17-6-2-4-8-19(17)24(16)20-9-5-3-7-18(20)21/h2-9,14,16,21,24H,10-13H2,1H3,(H,25,29). The summed E-state index contributed by atoms with van der Waals surface area (Å²) in [5, 5.41) is 14.0. The van der Waals surface area contributed by atoms with Gasteiger partial charge in [0.2, 0.25) is 11.7 Å². The fraction of sp³-hybridized carbons (Fsp3) is 0.333. The number of rotatable bonds is 6. The summed E-state index contributed by atoms with van der Waals surface area (Å²) in [7, 11) is 0. The van der Waals surface area contributed by atoms with Gasteiger partial charge in [-0.15, -0.1) is 0 Å². The molecule has 0 saturated carbocycles. The van der Waals surface area contributed by atoms with E-state index in [1.807, 2.05) is 0 Å². The molecular formula is C24H24N4O3. The fourth-order valence-corrected chi connectivity index (χ4v) is 5.32. The van der Waals surface area contributed by atoms with E-state index in [4.69, 9.17) is 0 Å². The van der Waals surface area contributed by atoms with Crippen LogP contribution < -0.4 is 5.32 Å². The van der Waals surface area contributed by atoms with Crippen molar-refractivity contribution in [1.29, 1.82) is 0 Å². The van der Waals surface area contributed by atoms with Gasteiger partial charge < -0.3 is 20.0 Å². The minimum atomic E-state index is -0.517. The number of benzene rings is 2. The van der Waals surface area contributed by atoms with E-state index in [1.165, 1.54) is 28.5 Å². The minimum absolute atomic E-state index is 0.0428. The Kier molecular flexibility index (Phi) is 4.81. The number of nitrogens with zero attached hydrogens (tertiary/aromatic N) is 3. The molecule has 1 unspecified atom stereocenters. The third-order valence-corrected chi connectivity index (χ3v) is 6.71. The molecule has 158 valence electrons. The highest BCUT2D eigenvalue weighted by Crippen LogP contribution is 2.55. The van der Waals surface area contributed by atoms with Gasteiger partial charge in [-0.3, -0.25) is 4.79 Å². The van der Waals surface area contributed by atoms with Crippen LogP contribution >= 0.6 is 0 Å². The molecule has 3 aliphatic rings. The van der Waals surface area contributed by atoms with Crippen molar-refractivity contribution >= 4 is 11.7 Å². The molecule has 1 aromatic heterocycles. The summed E-state index contributed by atoms with van der Waals surface area (Å²) in [6, 6.07) is 17.4. The summed E-state index contributed by atoms with van der Waals surface area (Å²) in [4.78, 5) is 26.8. The summed E-state index contributed by atoms with van der Waals surface area (Å²) in [5.74, 6) is 1.35. The highest BCUT2D eigenvalue weighted by Gasteiger charge is 2.42. The SMILES string of the molecule is Cc1nc([N+](=O)[O-])cn1CCC(=O)NCC1CC2c3ccccc3C1c1ccccc12. The topological polar surface area (TPSA) is 90.1 Å². The first-order valence-electron chi connectivity index (χ1n) is 10.7. The van der Waals surface area contributed by atoms with E-state index in [-0.39, 0.29) is 18.1 Å². The molecule has 1 heterocycles. The second-order valence-electron chi connectivity index (χ2n) is 8.43. The first kappa shape index (κ1) is 19.5. The number of fused-ring (bicyclic) bond motifs is 1. The second kappa shape index (κ2) is 7.65. The zero-order valence-electron chi connectivity index (χ0n) is 17.3. The number of aromatic nitrogens is 2. The van der Waals surface area contributed by atoms with Gasteiger partial charge in [0.25, 0.3) is 0 Å². The molecule has 6 rings (SSSR count). The van der Waals surface area contributed by atoms with Gasteiger partial charge in [-0.2, -0.15) is 0 Å². The van der Waals surface area contributed by atoms with Crippen LogP contribution in [0.3, 0.4) is 0 Å². The Morgan fingerprint density at radius 3 is 2.32 bits per heavy atom. The number of amides is 1. The van der Waals surface area contributed by atoms with Gasteiger partial charge in [0.05, 0.1) is 0 Å². The van der Waals surface area contributed by atoms with Crippen LogP contribution in [0.2, 0.25) is 0 Å². The minimum Gasteiger partial charge on any atom is -0.358 e. The van der Waals surface area contributed by atoms with Crippen LogP contribution in [0, 0.1) is 23.0 Å². The lowest BCUT2D eigenvalue weighted by Gasteiger charge is -2.45. The first-order valence-corrected chi connectivity index (χ1v) is 10.7. The highest BCUT2D eigenvalue weighted by atomic mass is 16.6. The Morgan fingerprint density at radius 2 is 1.74 bits per heavy atom. The summed E-state index contributed by atoms with van der Waals surface area (Å²) in [6.45, 7) is 2.71. The Labute approximate surface area is 180 Å². The summed E-state index contributed by atoms with van der Waals surface area (Å²) in [5.41, 5.74) is 5.62. The van der Waals surface area contributed by atoms with Crippen molar-refractivity contribution in [1.82, 2.24) is 14.9 Å². The Hall–Kier alpha value is -3.48. The lowest BCUT2D eigenvalue weighted by molar-refractivity contribution is -0.389. The molecule has 0 radical (unpaired) electrons. The average Bonchev–Trinajstić information content (AvgIpc) is 3.17. The number of nitro groups is 1. The fourth-order valence-electron chi connectivity index (χ4n) is 5.32. The van der Waals surface area contributed by atoms with Crippen molar-refractivity contribution in [3.05, 3.63) is 92.9 Å². The van der Waals surface area contributed by atoms with Gasteiger partial charge in [0.1, 0.15) is 6.20 Å². The monoisotopic (exact) mass is 416 g/mol. The Bertz CT molecular complexity index is 1120. The normalized spacial score (nSPS) is 20.7. The van der Waals surface area contributed by atoms with Crippen LogP contribution in [0.5, 0.6) is 0 Å².